The number of aryl methyl sites for hydroxylation is 1. The Morgan fingerprint density at radius 3 is 2.79 bits per heavy atom. The normalized spacial score (nSPS) is 10.1. The summed E-state index contributed by atoms with van der Waals surface area (Å²) in [5.74, 6) is 0.251. The van der Waals surface area contributed by atoms with Crippen LogP contribution in [0.1, 0.15) is 31.2 Å². The number of aromatic nitrogens is 1. The van der Waals surface area contributed by atoms with Gasteiger partial charge in [-0.05, 0) is 18.6 Å². The molecule has 1 rings (SSSR count). The first kappa shape index (κ1) is 10.9. The third-order valence-electron chi connectivity index (χ3n) is 2.08. The molecular weight excluding hydrogens is 178 g/mol. The van der Waals surface area contributed by atoms with Crippen molar-refractivity contribution in [3.8, 4) is 0 Å². The molecule has 0 bridgehead atoms. The van der Waals surface area contributed by atoms with E-state index in [1.807, 2.05) is 19.1 Å². The van der Waals surface area contributed by atoms with Crippen molar-refractivity contribution in [1.82, 2.24) is 4.98 Å². The van der Waals surface area contributed by atoms with Crippen molar-refractivity contribution in [1.29, 1.82) is 0 Å². The van der Waals surface area contributed by atoms with Crippen molar-refractivity contribution in [2.45, 2.75) is 32.8 Å². The van der Waals surface area contributed by atoms with Gasteiger partial charge in [0.1, 0.15) is 5.78 Å². The van der Waals surface area contributed by atoms with Crippen molar-refractivity contribution in [2.75, 3.05) is 0 Å². The van der Waals surface area contributed by atoms with Crippen LogP contribution in [0.4, 0.5) is 0 Å². The summed E-state index contributed by atoms with van der Waals surface area (Å²) in [6.45, 7) is 1.81. The van der Waals surface area contributed by atoms with Crippen LogP contribution < -0.4 is 0 Å². The van der Waals surface area contributed by atoms with Crippen LogP contribution in [0.2, 0.25) is 0 Å². The van der Waals surface area contributed by atoms with E-state index in [2.05, 4.69) is 4.98 Å². The number of hydrogen-bond acceptors (Lipinski definition) is 3. The third-order valence-corrected chi connectivity index (χ3v) is 2.08. The van der Waals surface area contributed by atoms with Crippen LogP contribution >= 0.6 is 0 Å². The molecule has 1 heterocycles. The predicted molar refractivity (Wildman–Crippen MR) is 53.8 cm³/mol. The van der Waals surface area contributed by atoms with Crippen molar-refractivity contribution in [3.05, 3.63) is 29.6 Å². The lowest BCUT2D eigenvalue weighted by Crippen LogP contribution is -2.01. The standard InChI is InChI=1S/C11H15NO2/c1-2-11(14)7-6-9-4-3-5-10(8-13)12-9/h3-5,13H,2,6-8H2,1H3. The van der Waals surface area contributed by atoms with Crippen molar-refractivity contribution in [3.63, 3.8) is 0 Å². The molecule has 0 unspecified atom stereocenters. The molecule has 3 heteroatoms. The Morgan fingerprint density at radius 1 is 1.43 bits per heavy atom. The Kier molecular flexibility index (Phi) is 4.26. The molecule has 1 N–H and O–H groups in total. The molecular formula is C11H15NO2. The van der Waals surface area contributed by atoms with Crippen LogP contribution in [0.15, 0.2) is 18.2 Å². The first-order valence-electron chi connectivity index (χ1n) is 4.83. The molecule has 0 spiro atoms. The Hall–Kier alpha value is -1.22. The Labute approximate surface area is 83.8 Å². The molecule has 3 nitrogen and oxygen atoms in total. The molecule has 0 atom stereocenters. The first-order valence-corrected chi connectivity index (χ1v) is 4.83. The summed E-state index contributed by atoms with van der Waals surface area (Å²) in [5.41, 5.74) is 1.53. The summed E-state index contributed by atoms with van der Waals surface area (Å²) in [5, 5.41) is 8.86. The molecule has 0 aromatic carbocycles. The van der Waals surface area contributed by atoms with E-state index in [-0.39, 0.29) is 12.4 Å². The van der Waals surface area contributed by atoms with E-state index in [1.165, 1.54) is 0 Å². The van der Waals surface area contributed by atoms with E-state index >= 15 is 0 Å². The van der Waals surface area contributed by atoms with Gasteiger partial charge in [-0.25, -0.2) is 0 Å². The molecule has 0 aliphatic carbocycles. The van der Waals surface area contributed by atoms with E-state index in [1.54, 1.807) is 6.07 Å². The lowest BCUT2D eigenvalue weighted by Gasteiger charge is -2.01. The van der Waals surface area contributed by atoms with E-state index in [4.69, 9.17) is 5.11 Å². The quantitative estimate of drug-likeness (QED) is 0.770. The number of pyridine rings is 1. The monoisotopic (exact) mass is 193 g/mol. The molecule has 0 saturated carbocycles. The van der Waals surface area contributed by atoms with Crippen LogP contribution in [0.5, 0.6) is 0 Å². The highest BCUT2D eigenvalue weighted by Crippen LogP contribution is 2.03. The van der Waals surface area contributed by atoms with Crippen molar-refractivity contribution >= 4 is 5.78 Å². The Morgan fingerprint density at radius 2 is 2.14 bits per heavy atom. The molecule has 0 aliphatic rings. The fourth-order valence-corrected chi connectivity index (χ4v) is 1.20. The largest absolute Gasteiger partial charge is 0.390 e. The molecule has 14 heavy (non-hydrogen) atoms. The number of nitrogens with zero attached hydrogens (tertiary/aromatic N) is 1. The first-order chi connectivity index (χ1) is 6.76. The summed E-state index contributed by atoms with van der Waals surface area (Å²) in [6.07, 6.45) is 1.79. The molecule has 0 saturated heterocycles. The van der Waals surface area contributed by atoms with Crippen LogP contribution in [0, 0.1) is 0 Å². The zero-order chi connectivity index (χ0) is 10.4. The topological polar surface area (TPSA) is 50.2 Å². The van der Waals surface area contributed by atoms with Gasteiger partial charge in [0.15, 0.2) is 0 Å². The number of aliphatic hydroxyl groups excluding tert-OH is 1. The number of Topliss-reactive ketones (excluding diaryl/α,β-unsaturated/α-hetero) is 1. The van der Waals surface area contributed by atoms with Crippen molar-refractivity contribution in [2.24, 2.45) is 0 Å². The van der Waals surface area contributed by atoms with Gasteiger partial charge in [0, 0.05) is 18.5 Å². The zero-order valence-corrected chi connectivity index (χ0v) is 8.36. The molecule has 1 aromatic heterocycles. The highest BCUT2D eigenvalue weighted by molar-refractivity contribution is 5.78. The molecule has 0 radical (unpaired) electrons. The average molecular weight is 193 g/mol. The van der Waals surface area contributed by atoms with E-state index < -0.39 is 0 Å². The Bertz CT molecular complexity index is 310. The second-order valence-corrected chi connectivity index (χ2v) is 3.17. The van der Waals surface area contributed by atoms with Crippen LogP contribution in [-0.2, 0) is 17.8 Å². The predicted octanol–water partition coefficient (Wildman–Crippen LogP) is 1.49. The average Bonchev–Trinajstić information content (AvgIpc) is 2.26. The fraction of sp³-hybridized carbons (Fsp3) is 0.455. The number of carbonyl (C=O) groups excluding carboxylic acids is 1. The maximum Gasteiger partial charge on any atom is 0.133 e. The summed E-state index contributed by atoms with van der Waals surface area (Å²) in [6, 6.07) is 5.50. The van der Waals surface area contributed by atoms with Gasteiger partial charge in [0.25, 0.3) is 0 Å². The highest BCUT2D eigenvalue weighted by atomic mass is 16.3. The van der Waals surface area contributed by atoms with Gasteiger partial charge in [-0.1, -0.05) is 13.0 Å². The third kappa shape index (κ3) is 3.26. The molecule has 1 aromatic rings. The molecule has 0 fully saturated rings. The van der Waals surface area contributed by atoms with E-state index in [0.29, 0.717) is 25.0 Å². The molecule has 76 valence electrons. The summed E-state index contributed by atoms with van der Waals surface area (Å²) in [7, 11) is 0. The maximum atomic E-state index is 11.1. The van der Waals surface area contributed by atoms with Gasteiger partial charge in [-0.3, -0.25) is 9.78 Å². The van der Waals surface area contributed by atoms with Gasteiger partial charge in [-0.2, -0.15) is 0 Å². The molecule has 0 amide bonds. The second kappa shape index (κ2) is 5.50. The van der Waals surface area contributed by atoms with Crippen LogP contribution in [0.3, 0.4) is 0 Å². The summed E-state index contributed by atoms with van der Waals surface area (Å²) >= 11 is 0. The summed E-state index contributed by atoms with van der Waals surface area (Å²) < 4.78 is 0. The smallest absolute Gasteiger partial charge is 0.133 e. The number of ketones is 1. The van der Waals surface area contributed by atoms with Gasteiger partial charge in [-0.15, -0.1) is 0 Å². The van der Waals surface area contributed by atoms with Crippen LogP contribution in [-0.4, -0.2) is 15.9 Å². The number of rotatable bonds is 5. The van der Waals surface area contributed by atoms with Gasteiger partial charge in [0.2, 0.25) is 0 Å². The SMILES string of the molecule is CCC(=O)CCc1cccc(CO)n1. The molecule has 0 aliphatic heterocycles. The van der Waals surface area contributed by atoms with E-state index in [9.17, 15) is 4.79 Å². The fourth-order valence-electron chi connectivity index (χ4n) is 1.20. The number of aliphatic hydroxyl groups is 1. The van der Waals surface area contributed by atoms with Gasteiger partial charge in [0.05, 0.1) is 12.3 Å². The lowest BCUT2D eigenvalue weighted by molar-refractivity contribution is -0.118. The zero-order valence-electron chi connectivity index (χ0n) is 8.36. The minimum absolute atomic E-state index is 0.0461. The van der Waals surface area contributed by atoms with Crippen molar-refractivity contribution < 1.29 is 9.90 Å². The van der Waals surface area contributed by atoms with Crippen LogP contribution in [0.25, 0.3) is 0 Å². The number of hydrogen-bond donors (Lipinski definition) is 1. The minimum Gasteiger partial charge on any atom is -0.390 e. The Balaban J connectivity index is 2.54. The highest BCUT2D eigenvalue weighted by Gasteiger charge is 2.01. The van der Waals surface area contributed by atoms with Gasteiger partial charge >= 0.3 is 0 Å². The number of carbonyl (C=O) groups is 1. The maximum absolute atomic E-state index is 11.1. The second-order valence-electron chi connectivity index (χ2n) is 3.17. The minimum atomic E-state index is -0.0461. The van der Waals surface area contributed by atoms with Gasteiger partial charge < -0.3 is 5.11 Å². The lowest BCUT2D eigenvalue weighted by atomic mass is 10.1. The van der Waals surface area contributed by atoms with E-state index in [0.717, 1.165) is 5.69 Å². The summed E-state index contributed by atoms with van der Waals surface area (Å²) in [4.78, 5) is 15.3.